The molecule has 0 bridgehead atoms. The van der Waals surface area contributed by atoms with Crippen LogP contribution in [-0.4, -0.2) is 73.4 Å². The summed E-state index contributed by atoms with van der Waals surface area (Å²) in [5, 5.41) is 13.6. The molecule has 4 nitrogen and oxygen atoms in total. The van der Waals surface area contributed by atoms with Gasteiger partial charge in [-0.3, -0.25) is 4.90 Å². The van der Waals surface area contributed by atoms with Crippen LogP contribution in [0.3, 0.4) is 0 Å². The molecule has 0 atom stereocenters. The third kappa shape index (κ3) is 5.34. The van der Waals surface area contributed by atoms with E-state index in [1.807, 2.05) is 0 Å². The quantitative estimate of drug-likeness (QED) is 0.678. The number of hydrogen-bond donors (Lipinski definition) is 2. The summed E-state index contributed by atoms with van der Waals surface area (Å²) in [5.74, 6) is 0. The van der Waals surface area contributed by atoms with Gasteiger partial charge < -0.3 is 15.3 Å². The first kappa shape index (κ1) is 14.9. The van der Waals surface area contributed by atoms with Crippen LogP contribution in [0.1, 0.15) is 26.7 Å². The minimum absolute atomic E-state index is 0.502. The zero-order chi connectivity index (χ0) is 12.7. The minimum atomic E-state index is -0.502. The lowest BCUT2D eigenvalue weighted by Gasteiger charge is -2.33. The van der Waals surface area contributed by atoms with Gasteiger partial charge in [0.15, 0.2) is 0 Å². The van der Waals surface area contributed by atoms with Gasteiger partial charge in [0.2, 0.25) is 0 Å². The zero-order valence-electron chi connectivity index (χ0n) is 11.7. The van der Waals surface area contributed by atoms with Crippen molar-refractivity contribution in [2.24, 2.45) is 0 Å². The molecule has 17 heavy (non-hydrogen) atoms. The first-order valence-electron chi connectivity index (χ1n) is 6.93. The molecule has 1 saturated heterocycles. The number of aliphatic hydroxyl groups is 1. The second-order valence-corrected chi connectivity index (χ2v) is 5.26. The van der Waals surface area contributed by atoms with Crippen LogP contribution in [0.25, 0.3) is 0 Å². The van der Waals surface area contributed by atoms with Gasteiger partial charge in [-0.2, -0.15) is 0 Å². The maximum Gasteiger partial charge on any atom is 0.0768 e. The molecule has 1 heterocycles. The van der Waals surface area contributed by atoms with Crippen LogP contribution in [0.2, 0.25) is 0 Å². The Bertz CT molecular complexity index is 201. The third-order valence-electron chi connectivity index (χ3n) is 3.89. The van der Waals surface area contributed by atoms with Crippen molar-refractivity contribution in [2.75, 3.05) is 52.9 Å². The van der Waals surface area contributed by atoms with E-state index in [9.17, 15) is 5.11 Å². The fraction of sp³-hybridized carbons (Fsp3) is 1.00. The van der Waals surface area contributed by atoms with E-state index in [4.69, 9.17) is 0 Å². The predicted molar refractivity (Wildman–Crippen MR) is 72.3 cm³/mol. The van der Waals surface area contributed by atoms with Crippen molar-refractivity contribution in [3.05, 3.63) is 0 Å². The summed E-state index contributed by atoms with van der Waals surface area (Å²) in [5.41, 5.74) is -0.502. The number of nitrogens with zero attached hydrogens (tertiary/aromatic N) is 2. The van der Waals surface area contributed by atoms with Crippen LogP contribution < -0.4 is 5.32 Å². The van der Waals surface area contributed by atoms with Crippen LogP contribution in [-0.2, 0) is 0 Å². The molecule has 0 amide bonds. The highest BCUT2D eigenvalue weighted by Crippen LogP contribution is 2.15. The Kier molecular flexibility index (Phi) is 6.41. The fourth-order valence-electron chi connectivity index (χ4n) is 2.30. The molecule has 0 radical (unpaired) electrons. The van der Waals surface area contributed by atoms with Crippen LogP contribution in [0.4, 0.5) is 0 Å². The van der Waals surface area contributed by atoms with E-state index in [-0.39, 0.29) is 0 Å². The Morgan fingerprint density at radius 1 is 1.24 bits per heavy atom. The van der Waals surface area contributed by atoms with Crippen molar-refractivity contribution in [3.8, 4) is 0 Å². The van der Waals surface area contributed by atoms with Gasteiger partial charge in [-0.1, -0.05) is 13.8 Å². The number of nitrogens with one attached hydrogen (secondary N) is 1. The molecule has 0 unspecified atom stereocenters. The second kappa shape index (κ2) is 7.31. The molecule has 0 aromatic rings. The van der Waals surface area contributed by atoms with Gasteiger partial charge in [0, 0.05) is 45.8 Å². The van der Waals surface area contributed by atoms with Crippen LogP contribution in [0, 0.1) is 0 Å². The molecule has 0 aromatic carbocycles. The summed E-state index contributed by atoms with van der Waals surface area (Å²) in [6.45, 7) is 11.6. The zero-order valence-corrected chi connectivity index (χ0v) is 11.7. The lowest BCUT2D eigenvalue weighted by Crippen LogP contribution is -2.47. The molecular formula is C13H29N3O. The smallest absolute Gasteiger partial charge is 0.0768 e. The molecule has 1 rings (SSSR count). The van der Waals surface area contributed by atoms with Crippen molar-refractivity contribution in [1.82, 2.24) is 15.1 Å². The lowest BCUT2D eigenvalue weighted by molar-refractivity contribution is 0.00119. The second-order valence-electron chi connectivity index (χ2n) is 5.26. The molecule has 4 heteroatoms. The summed E-state index contributed by atoms with van der Waals surface area (Å²) in [6.07, 6.45) is 1.67. The molecule has 2 N–H and O–H groups in total. The molecule has 102 valence electrons. The largest absolute Gasteiger partial charge is 0.389 e. The maximum absolute atomic E-state index is 10.3. The van der Waals surface area contributed by atoms with E-state index in [1.54, 1.807) is 0 Å². The first-order valence-corrected chi connectivity index (χ1v) is 6.93. The van der Waals surface area contributed by atoms with Gasteiger partial charge in [-0.15, -0.1) is 0 Å². The highest BCUT2D eigenvalue weighted by Gasteiger charge is 2.24. The molecule has 1 fully saturated rings. The maximum atomic E-state index is 10.3. The number of hydrogen-bond acceptors (Lipinski definition) is 4. The Morgan fingerprint density at radius 2 is 1.82 bits per heavy atom. The molecular weight excluding hydrogens is 214 g/mol. The summed E-state index contributed by atoms with van der Waals surface area (Å²) in [7, 11) is 2.11. The van der Waals surface area contributed by atoms with Crippen LogP contribution in [0.15, 0.2) is 0 Å². The number of piperazine rings is 1. The summed E-state index contributed by atoms with van der Waals surface area (Å²) < 4.78 is 0. The van der Waals surface area contributed by atoms with Crippen molar-refractivity contribution in [1.29, 1.82) is 0 Å². The van der Waals surface area contributed by atoms with Gasteiger partial charge >= 0.3 is 0 Å². The number of rotatable bonds is 7. The van der Waals surface area contributed by atoms with Crippen molar-refractivity contribution in [3.63, 3.8) is 0 Å². The van der Waals surface area contributed by atoms with Crippen LogP contribution in [0.5, 0.6) is 0 Å². The fourth-order valence-corrected chi connectivity index (χ4v) is 2.30. The lowest BCUT2D eigenvalue weighted by atomic mass is 9.97. The Balaban J connectivity index is 2.21. The molecule has 0 spiro atoms. The average Bonchev–Trinajstić information content (AvgIpc) is 2.37. The molecule has 0 aliphatic carbocycles. The highest BCUT2D eigenvalue weighted by atomic mass is 16.3. The minimum Gasteiger partial charge on any atom is -0.389 e. The highest BCUT2D eigenvalue weighted by molar-refractivity contribution is 4.79. The van der Waals surface area contributed by atoms with Crippen LogP contribution >= 0.6 is 0 Å². The molecule has 0 aromatic heterocycles. The topological polar surface area (TPSA) is 38.7 Å². The first-order chi connectivity index (χ1) is 8.09. The Morgan fingerprint density at radius 3 is 2.35 bits per heavy atom. The van der Waals surface area contributed by atoms with Gasteiger partial charge in [0.25, 0.3) is 0 Å². The van der Waals surface area contributed by atoms with Crippen molar-refractivity contribution in [2.45, 2.75) is 32.3 Å². The average molecular weight is 243 g/mol. The number of likely N-dealkylation sites (N-methyl/N-ethyl adjacent to an activating group) is 1. The summed E-state index contributed by atoms with van der Waals surface area (Å²) >= 11 is 0. The summed E-state index contributed by atoms with van der Waals surface area (Å²) in [6, 6.07) is 0. The SMILES string of the molecule is CCC(O)(CC)CN(C)CCN1CCNCC1. The Hall–Kier alpha value is -0.160. The predicted octanol–water partition coefficient (Wildman–Crippen LogP) is 0.375. The molecule has 1 aliphatic rings. The van der Waals surface area contributed by atoms with Gasteiger partial charge in [0.1, 0.15) is 0 Å². The normalized spacial score (nSPS) is 18.9. The standard InChI is InChI=1S/C13H29N3O/c1-4-13(17,5-2)12-15(3)10-11-16-8-6-14-7-9-16/h14,17H,4-12H2,1-3H3. The Labute approximate surface area is 106 Å². The van der Waals surface area contributed by atoms with E-state index in [1.165, 1.54) is 0 Å². The summed E-state index contributed by atoms with van der Waals surface area (Å²) in [4.78, 5) is 4.75. The third-order valence-corrected chi connectivity index (χ3v) is 3.89. The van der Waals surface area contributed by atoms with E-state index in [0.29, 0.717) is 0 Å². The van der Waals surface area contributed by atoms with Gasteiger partial charge in [-0.25, -0.2) is 0 Å². The van der Waals surface area contributed by atoms with E-state index in [0.717, 1.165) is 58.7 Å². The van der Waals surface area contributed by atoms with Gasteiger partial charge in [0.05, 0.1) is 5.60 Å². The van der Waals surface area contributed by atoms with E-state index < -0.39 is 5.60 Å². The monoisotopic (exact) mass is 243 g/mol. The van der Waals surface area contributed by atoms with E-state index >= 15 is 0 Å². The molecule has 0 saturated carbocycles. The van der Waals surface area contributed by atoms with Crippen molar-refractivity contribution < 1.29 is 5.11 Å². The molecule has 1 aliphatic heterocycles. The van der Waals surface area contributed by atoms with Gasteiger partial charge in [-0.05, 0) is 19.9 Å². The van der Waals surface area contributed by atoms with E-state index in [2.05, 4.69) is 36.0 Å². The van der Waals surface area contributed by atoms with Crippen molar-refractivity contribution >= 4 is 0 Å².